The number of nitrogens with zero attached hydrogens (tertiary/aromatic N) is 3. The highest BCUT2D eigenvalue weighted by molar-refractivity contribution is 7.85. The van der Waals surface area contributed by atoms with Crippen molar-refractivity contribution >= 4 is 22.2 Å². The van der Waals surface area contributed by atoms with Crippen LogP contribution in [0.2, 0.25) is 0 Å². The quantitative estimate of drug-likeness (QED) is 0.553. The lowest BCUT2D eigenvalue weighted by molar-refractivity contribution is 0.126. The van der Waals surface area contributed by atoms with Crippen molar-refractivity contribution in [2.75, 3.05) is 44.2 Å². The van der Waals surface area contributed by atoms with E-state index in [4.69, 9.17) is 0 Å². The Morgan fingerprint density at radius 1 is 0.824 bits per heavy atom. The van der Waals surface area contributed by atoms with Crippen molar-refractivity contribution in [3.63, 3.8) is 0 Å². The number of hydrogen-bond donors (Lipinski definition) is 1. The SMILES string of the molecule is Cc1ccc2c(c1C)N(CCCN1CCN(Cc3ccccc3O)CC1)c1ccccc1S2=O. The highest BCUT2D eigenvalue weighted by Gasteiger charge is 2.29. The van der Waals surface area contributed by atoms with Gasteiger partial charge in [0.15, 0.2) is 0 Å². The van der Waals surface area contributed by atoms with E-state index in [-0.39, 0.29) is 0 Å². The number of aryl methyl sites for hydroxylation is 1. The maximum Gasteiger partial charge on any atom is 0.120 e. The van der Waals surface area contributed by atoms with E-state index in [0.29, 0.717) is 5.75 Å². The van der Waals surface area contributed by atoms with Crippen LogP contribution < -0.4 is 4.90 Å². The molecule has 178 valence electrons. The summed E-state index contributed by atoms with van der Waals surface area (Å²) in [4.78, 5) is 9.20. The molecule has 5 nitrogen and oxygen atoms in total. The number of fused-ring (bicyclic) bond motifs is 2. The van der Waals surface area contributed by atoms with Crippen LogP contribution in [0.3, 0.4) is 0 Å². The van der Waals surface area contributed by atoms with Crippen molar-refractivity contribution < 1.29 is 9.32 Å². The van der Waals surface area contributed by atoms with E-state index in [1.54, 1.807) is 6.07 Å². The summed E-state index contributed by atoms with van der Waals surface area (Å²) < 4.78 is 13.3. The summed E-state index contributed by atoms with van der Waals surface area (Å²) in [5.41, 5.74) is 5.67. The second-order valence-electron chi connectivity index (χ2n) is 9.34. The summed E-state index contributed by atoms with van der Waals surface area (Å²) in [5.74, 6) is 0.387. The molecule has 1 saturated heterocycles. The lowest BCUT2D eigenvalue weighted by atomic mass is 10.1. The number of piperazine rings is 1. The maximum absolute atomic E-state index is 13.3. The van der Waals surface area contributed by atoms with Gasteiger partial charge in [0.2, 0.25) is 0 Å². The van der Waals surface area contributed by atoms with Crippen LogP contribution in [-0.4, -0.2) is 58.4 Å². The van der Waals surface area contributed by atoms with E-state index in [2.05, 4.69) is 40.7 Å². The number of benzene rings is 3. The molecule has 0 spiro atoms. The van der Waals surface area contributed by atoms with Crippen LogP contribution in [0.5, 0.6) is 5.75 Å². The Balaban J connectivity index is 1.23. The largest absolute Gasteiger partial charge is 0.508 e. The molecule has 0 amide bonds. The molecule has 3 aromatic carbocycles. The molecule has 1 unspecified atom stereocenters. The van der Waals surface area contributed by atoms with E-state index in [9.17, 15) is 9.32 Å². The molecule has 0 radical (unpaired) electrons. The van der Waals surface area contributed by atoms with Crippen molar-refractivity contribution in [1.82, 2.24) is 9.80 Å². The molecule has 1 N–H and O–H groups in total. The predicted octanol–water partition coefficient (Wildman–Crippen LogP) is 4.84. The Morgan fingerprint density at radius 3 is 2.32 bits per heavy atom. The molecule has 1 atom stereocenters. The zero-order valence-corrected chi connectivity index (χ0v) is 20.9. The van der Waals surface area contributed by atoms with Crippen LogP contribution in [0.25, 0.3) is 0 Å². The van der Waals surface area contributed by atoms with E-state index < -0.39 is 10.8 Å². The van der Waals surface area contributed by atoms with Crippen molar-refractivity contribution in [1.29, 1.82) is 0 Å². The smallest absolute Gasteiger partial charge is 0.120 e. The minimum Gasteiger partial charge on any atom is -0.508 e. The van der Waals surface area contributed by atoms with Gasteiger partial charge >= 0.3 is 0 Å². The van der Waals surface area contributed by atoms with Crippen molar-refractivity contribution in [3.05, 3.63) is 77.4 Å². The number of phenols is 1. The molecule has 0 aliphatic carbocycles. The van der Waals surface area contributed by atoms with Crippen molar-refractivity contribution in [2.45, 2.75) is 36.6 Å². The van der Waals surface area contributed by atoms with Crippen LogP contribution in [-0.2, 0) is 17.3 Å². The zero-order chi connectivity index (χ0) is 23.7. The van der Waals surface area contributed by atoms with Crippen molar-refractivity contribution in [3.8, 4) is 5.75 Å². The third-order valence-corrected chi connectivity index (χ3v) is 8.67. The number of hydrogen-bond acceptors (Lipinski definition) is 5. The van der Waals surface area contributed by atoms with Crippen LogP contribution in [0.1, 0.15) is 23.1 Å². The second-order valence-corrected chi connectivity index (χ2v) is 10.8. The third-order valence-electron chi connectivity index (χ3n) is 7.20. The fraction of sp³-hybridized carbons (Fsp3) is 0.357. The first-order chi connectivity index (χ1) is 16.5. The Bertz CT molecular complexity index is 1200. The van der Waals surface area contributed by atoms with Gasteiger partial charge in [0.05, 0.1) is 32.0 Å². The van der Waals surface area contributed by atoms with Gasteiger partial charge in [-0.15, -0.1) is 0 Å². The standard InChI is InChI=1S/C28H33N3O2S/c1-21-12-13-27-28(22(21)2)31(24-9-4-6-11-26(24)34(27)33)15-7-14-29-16-18-30(19-17-29)20-23-8-3-5-10-25(23)32/h3-6,8-13,32H,7,14-20H2,1-2H3. The molecule has 0 aromatic heterocycles. The maximum atomic E-state index is 13.3. The monoisotopic (exact) mass is 475 g/mol. The summed E-state index contributed by atoms with van der Waals surface area (Å²) in [5, 5.41) is 10.1. The van der Waals surface area contributed by atoms with E-state index >= 15 is 0 Å². The first-order valence-electron chi connectivity index (χ1n) is 12.1. The molecule has 6 heteroatoms. The predicted molar refractivity (Wildman–Crippen MR) is 138 cm³/mol. The lowest BCUT2D eigenvalue weighted by Crippen LogP contribution is -2.46. The molecule has 1 fully saturated rings. The van der Waals surface area contributed by atoms with E-state index in [1.807, 2.05) is 42.5 Å². The molecule has 0 saturated carbocycles. The highest BCUT2D eigenvalue weighted by Crippen LogP contribution is 2.44. The number of rotatable bonds is 6. The number of phenolic OH excluding ortho intramolecular Hbond substituents is 1. The average molecular weight is 476 g/mol. The second kappa shape index (κ2) is 9.90. The van der Waals surface area contributed by atoms with Gasteiger partial charge in [0.25, 0.3) is 0 Å². The van der Waals surface area contributed by atoms with Crippen LogP contribution in [0.4, 0.5) is 11.4 Å². The third kappa shape index (κ3) is 4.50. The van der Waals surface area contributed by atoms with Crippen molar-refractivity contribution in [2.24, 2.45) is 0 Å². The highest BCUT2D eigenvalue weighted by atomic mass is 32.2. The summed E-state index contributed by atoms with van der Waals surface area (Å²) >= 11 is 0. The van der Waals surface area contributed by atoms with Gasteiger partial charge in [-0.05, 0) is 62.2 Å². The summed E-state index contributed by atoms with van der Waals surface area (Å²) in [7, 11) is -1.14. The molecule has 3 aromatic rings. The molecule has 2 heterocycles. The Labute approximate surface area is 205 Å². The molecule has 0 bridgehead atoms. The molecular formula is C28H33N3O2S. The first-order valence-corrected chi connectivity index (χ1v) is 13.3. The number of aromatic hydroxyl groups is 1. The average Bonchev–Trinajstić information content (AvgIpc) is 2.86. The minimum absolute atomic E-state index is 0.387. The number of anilines is 2. The van der Waals surface area contributed by atoms with Crippen LogP contribution >= 0.6 is 0 Å². The fourth-order valence-electron chi connectivity index (χ4n) is 5.08. The lowest BCUT2D eigenvalue weighted by Gasteiger charge is -2.37. The number of para-hydroxylation sites is 2. The summed E-state index contributed by atoms with van der Waals surface area (Å²) in [6.45, 7) is 11.2. The van der Waals surface area contributed by atoms with Crippen LogP contribution in [0.15, 0.2) is 70.5 Å². The Hall–Kier alpha value is -2.67. The normalized spacial score (nSPS) is 18.5. The first kappa shape index (κ1) is 23.1. The zero-order valence-electron chi connectivity index (χ0n) is 20.0. The molecule has 2 aliphatic heterocycles. The molecule has 2 aliphatic rings. The Morgan fingerprint density at radius 2 is 1.53 bits per heavy atom. The fourth-order valence-corrected chi connectivity index (χ4v) is 6.52. The molecular weight excluding hydrogens is 442 g/mol. The Kier molecular flexibility index (Phi) is 6.73. The van der Waals surface area contributed by atoms with Gasteiger partial charge in [0, 0.05) is 44.8 Å². The van der Waals surface area contributed by atoms with Gasteiger partial charge in [-0.1, -0.05) is 36.4 Å². The molecule has 5 rings (SSSR count). The van der Waals surface area contributed by atoms with E-state index in [1.165, 1.54) is 11.1 Å². The van der Waals surface area contributed by atoms with Gasteiger partial charge in [0.1, 0.15) is 5.75 Å². The van der Waals surface area contributed by atoms with E-state index in [0.717, 1.165) is 79.0 Å². The van der Waals surface area contributed by atoms with Crippen LogP contribution in [0, 0.1) is 13.8 Å². The van der Waals surface area contributed by atoms with Gasteiger partial charge in [-0.3, -0.25) is 4.90 Å². The summed E-state index contributed by atoms with van der Waals surface area (Å²) in [6, 6.07) is 19.9. The minimum atomic E-state index is -1.14. The topological polar surface area (TPSA) is 47.0 Å². The van der Waals surface area contributed by atoms with Gasteiger partial charge in [-0.25, -0.2) is 4.21 Å². The molecule has 34 heavy (non-hydrogen) atoms. The van der Waals surface area contributed by atoms with Gasteiger partial charge < -0.3 is 14.9 Å². The van der Waals surface area contributed by atoms with Gasteiger partial charge in [-0.2, -0.15) is 0 Å². The summed E-state index contributed by atoms with van der Waals surface area (Å²) in [6.07, 6.45) is 1.05.